The molecular formula is C34H28O9. The van der Waals surface area contributed by atoms with E-state index in [1.165, 1.54) is 24.3 Å². The number of fused-ring (bicyclic) bond motifs is 1. The van der Waals surface area contributed by atoms with Crippen LogP contribution in [0.15, 0.2) is 104 Å². The molecule has 218 valence electrons. The molecule has 0 radical (unpaired) electrons. The number of benzene rings is 4. The molecule has 0 spiro atoms. The van der Waals surface area contributed by atoms with Gasteiger partial charge in [-0.15, -0.1) is 0 Å². The molecule has 0 atom stereocenters. The average molecular weight is 581 g/mol. The van der Waals surface area contributed by atoms with Crippen LogP contribution in [0.1, 0.15) is 39.6 Å². The molecule has 0 saturated carbocycles. The van der Waals surface area contributed by atoms with E-state index in [-0.39, 0.29) is 18.1 Å². The third-order valence-corrected chi connectivity index (χ3v) is 6.08. The summed E-state index contributed by atoms with van der Waals surface area (Å²) >= 11 is 0. The molecule has 0 heterocycles. The monoisotopic (exact) mass is 580 g/mol. The minimum absolute atomic E-state index is 0.249. The van der Waals surface area contributed by atoms with E-state index >= 15 is 0 Å². The maximum Gasteiger partial charge on any atom is 0.343 e. The van der Waals surface area contributed by atoms with Crippen molar-refractivity contribution in [3.05, 3.63) is 121 Å². The van der Waals surface area contributed by atoms with Crippen molar-refractivity contribution in [3.63, 3.8) is 0 Å². The Morgan fingerprint density at radius 1 is 0.651 bits per heavy atom. The molecule has 4 aromatic rings. The molecule has 0 aliphatic heterocycles. The predicted molar refractivity (Wildman–Crippen MR) is 158 cm³/mol. The van der Waals surface area contributed by atoms with Gasteiger partial charge in [0.15, 0.2) is 0 Å². The summed E-state index contributed by atoms with van der Waals surface area (Å²) in [6.45, 7) is 8.40. The highest BCUT2D eigenvalue weighted by molar-refractivity contribution is 5.97. The second kappa shape index (κ2) is 14.3. The molecule has 0 saturated heterocycles. The van der Waals surface area contributed by atoms with Gasteiger partial charge in [0.2, 0.25) is 6.79 Å². The zero-order chi connectivity index (χ0) is 30.8. The quantitative estimate of drug-likeness (QED) is 0.0814. The van der Waals surface area contributed by atoms with Crippen molar-refractivity contribution in [2.45, 2.75) is 19.8 Å². The van der Waals surface area contributed by atoms with E-state index in [9.17, 15) is 19.2 Å². The van der Waals surface area contributed by atoms with Gasteiger partial charge in [-0.2, -0.15) is 0 Å². The first-order chi connectivity index (χ1) is 20.8. The number of rotatable bonds is 12. The zero-order valence-electron chi connectivity index (χ0n) is 23.4. The molecule has 0 aromatic heterocycles. The first-order valence-electron chi connectivity index (χ1n) is 13.3. The van der Waals surface area contributed by atoms with Gasteiger partial charge in [0.05, 0.1) is 11.1 Å². The van der Waals surface area contributed by atoms with Crippen molar-refractivity contribution in [1.82, 2.24) is 0 Å². The normalized spacial score (nSPS) is 10.3. The van der Waals surface area contributed by atoms with Crippen molar-refractivity contribution < 1.29 is 42.9 Å². The summed E-state index contributed by atoms with van der Waals surface area (Å²) < 4.78 is 26.5. The fourth-order valence-electron chi connectivity index (χ4n) is 3.98. The Hall–Kier alpha value is -5.70. The van der Waals surface area contributed by atoms with Crippen LogP contribution in [0.3, 0.4) is 0 Å². The van der Waals surface area contributed by atoms with Crippen LogP contribution in [0.2, 0.25) is 0 Å². The highest BCUT2D eigenvalue weighted by Crippen LogP contribution is 2.28. The molecule has 9 heteroatoms. The standard InChI is InChI=1S/C34H28O9/c1-4-7-25-20-29(16-17-30(25)43-33(37)22-10-13-27(14-11-22)41-32(36)6-3)42-34(38)26-9-8-24-19-28(15-12-23(24)18-26)39-21-40-31(35)5-2/h5-6,8-20H,2-4,7,21H2,1H3. The summed E-state index contributed by atoms with van der Waals surface area (Å²) in [7, 11) is 0. The lowest BCUT2D eigenvalue weighted by Crippen LogP contribution is -2.11. The topological polar surface area (TPSA) is 114 Å². The summed E-state index contributed by atoms with van der Waals surface area (Å²) in [5, 5.41) is 1.60. The average Bonchev–Trinajstić information content (AvgIpc) is 3.02. The fraction of sp³-hybridized carbons (Fsp3) is 0.118. The number of carbonyl (C=O) groups excluding carboxylic acids is 4. The maximum atomic E-state index is 13.0. The van der Waals surface area contributed by atoms with Gasteiger partial charge in [-0.25, -0.2) is 19.2 Å². The van der Waals surface area contributed by atoms with E-state index in [0.29, 0.717) is 34.8 Å². The van der Waals surface area contributed by atoms with Crippen LogP contribution in [0.4, 0.5) is 0 Å². The predicted octanol–water partition coefficient (Wildman–Crippen LogP) is 6.39. The molecule has 4 rings (SSSR count). The molecule has 0 N–H and O–H groups in total. The third kappa shape index (κ3) is 8.17. The second-order valence-corrected chi connectivity index (χ2v) is 9.10. The van der Waals surface area contributed by atoms with Gasteiger partial charge >= 0.3 is 23.9 Å². The van der Waals surface area contributed by atoms with E-state index in [2.05, 4.69) is 13.2 Å². The first-order valence-corrected chi connectivity index (χ1v) is 13.3. The summed E-state index contributed by atoms with van der Waals surface area (Å²) in [5.41, 5.74) is 1.31. The Balaban J connectivity index is 1.42. The SMILES string of the molecule is C=CC(=O)OCOc1ccc2cc(C(=O)Oc3ccc(OC(=O)c4ccc(OC(=O)C=C)cc4)c(CCC)c3)ccc2c1. The first kappa shape index (κ1) is 30.3. The summed E-state index contributed by atoms with van der Waals surface area (Å²) in [4.78, 5) is 48.2. The lowest BCUT2D eigenvalue weighted by atomic mass is 10.1. The van der Waals surface area contributed by atoms with Gasteiger partial charge in [0.1, 0.15) is 23.0 Å². The van der Waals surface area contributed by atoms with Gasteiger partial charge < -0.3 is 23.7 Å². The van der Waals surface area contributed by atoms with E-state index in [4.69, 9.17) is 23.7 Å². The summed E-state index contributed by atoms with van der Waals surface area (Å²) in [5.74, 6) is -0.917. The molecule has 0 fully saturated rings. The minimum Gasteiger partial charge on any atom is -0.457 e. The van der Waals surface area contributed by atoms with Gasteiger partial charge in [0.25, 0.3) is 0 Å². The molecule has 43 heavy (non-hydrogen) atoms. The second-order valence-electron chi connectivity index (χ2n) is 9.10. The van der Waals surface area contributed by atoms with Gasteiger partial charge in [-0.05, 0) is 89.5 Å². The van der Waals surface area contributed by atoms with Crippen LogP contribution in [0, 0.1) is 0 Å². The highest BCUT2D eigenvalue weighted by atomic mass is 16.7. The fourth-order valence-corrected chi connectivity index (χ4v) is 3.98. The van der Waals surface area contributed by atoms with Crippen molar-refractivity contribution in [2.24, 2.45) is 0 Å². The molecule has 0 aliphatic carbocycles. The molecule has 0 bridgehead atoms. The Morgan fingerprint density at radius 3 is 2.00 bits per heavy atom. The number of hydrogen-bond donors (Lipinski definition) is 0. The van der Waals surface area contributed by atoms with Crippen LogP contribution in [0.25, 0.3) is 10.8 Å². The van der Waals surface area contributed by atoms with E-state index in [1.807, 2.05) is 6.92 Å². The Morgan fingerprint density at radius 2 is 1.28 bits per heavy atom. The van der Waals surface area contributed by atoms with Crippen LogP contribution in [0.5, 0.6) is 23.0 Å². The molecule has 9 nitrogen and oxygen atoms in total. The summed E-state index contributed by atoms with van der Waals surface area (Å²) in [6, 6.07) is 21.1. The lowest BCUT2D eigenvalue weighted by molar-refractivity contribution is -0.144. The highest BCUT2D eigenvalue weighted by Gasteiger charge is 2.16. The number of ether oxygens (including phenoxy) is 5. The van der Waals surface area contributed by atoms with Gasteiger partial charge in [-0.1, -0.05) is 38.6 Å². The molecule has 0 aliphatic rings. The van der Waals surface area contributed by atoms with Crippen molar-refractivity contribution >= 4 is 34.6 Å². The van der Waals surface area contributed by atoms with Crippen LogP contribution < -0.4 is 18.9 Å². The number of carbonyl (C=O) groups is 4. The maximum absolute atomic E-state index is 13.0. The smallest absolute Gasteiger partial charge is 0.343 e. The lowest BCUT2D eigenvalue weighted by Gasteiger charge is -2.12. The molecular weight excluding hydrogens is 552 g/mol. The molecule has 0 amide bonds. The zero-order valence-corrected chi connectivity index (χ0v) is 23.4. The van der Waals surface area contributed by atoms with Gasteiger partial charge in [-0.3, -0.25) is 0 Å². The van der Waals surface area contributed by atoms with E-state index in [0.717, 1.165) is 29.3 Å². The Bertz CT molecular complexity index is 1690. The molecule has 4 aromatic carbocycles. The van der Waals surface area contributed by atoms with Crippen molar-refractivity contribution in [3.8, 4) is 23.0 Å². The third-order valence-electron chi connectivity index (χ3n) is 6.08. The van der Waals surface area contributed by atoms with Crippen LogP contribution in [-0.4, -0.2) is 30.7 Å². The number of hydrogen-bond acceptors (Lipinski definition) is 9. The van der Waals surface area contributed by atoms with E-state index in [1.54, 1.807) is 54.6 Å². The largest absolute Gasteiger partial charge is 0.457 e. The van der Waals surface area contributed by atoms with Crippen LogP contribution in [-0.2, 0) is 20.7 Å². The molecule has 0 unspecified atom stereocenters. The van der Waals surface area contributed by atoms with Crippen molar-refractivity contribution in [1.29, 1.82) is 0 Å². The number of aryl methyl sites for hydroxylation is 1. The van der Waals surface area contributed by atoms with Gasteiger partial charge in [0, 0.05) is 12.2 Å². The number of esters is 4. The Kier molecular flexibility index (Phi) is 10.0. The Labute approximate surface area is 247 Å². The van der Waals surface area contributed by atoms with E-state index < -0.39 is 23.9 Å². The van der Waals surface area contributed by atoms with Crippen LogP contribution >= 0.6 is 0 Å². The van der Waals surface area contributed by atoms with Crippen molar-refractivity contribution in [2.75, 3.05) is 6.79 Å². The summed E-state index contributed by atoms with van der Waals surface area (Å²) in [6.07, 6.45) is 3.44. The minimum atomic E-state index is -0.605.